The van der Waals surface area contributed by atoms with Crippen molar-refractivity contribution in [3.63, 3.8) is 0 Å². The van der Waals surface area contributed by atoms with Crippen molar-refractivity contribution in [2.75, 3.05) is 33.2 Å². The molecule has 1 N–H and O–H groups in total. The molecule has 0 aromatic carbocycles. The van der Waals surface area contributed by atoms with Crippen molar-refractivity contribution in [2.45, 2.75) is 32.9 Å². The molecule has 1 amide bonds. The van der Waals surface area contributed by atoms with Gasteiger partial charge < -0.3 is 9.80 Å². The summed E-state index contributed by atoms with van der Waals surface area (Å²) in [6, 6.07) is 4.29. The van der Waals surface area contributed by atoms with Gasteiger partial charge in [0.05, 0.1) is 6.54 Å². The van der Waals surface area contributed by atoms with E-state index in [0.29, 0.717) is 6.54 Å². The first-order valence-corrected chi connectivity index (χ1v) is 8.56. The van der Waals surface area contributed by atoms with Crippen LogP contribution in [-0.2, 0) is 4.79 Å². The molecule has 1 atom stereocenters. The van der Waals surface area contributed by atoms with Crippen LogP contribution >= 0.6 is 11.3 Å². The zero-order chi connectivity index (χ0) is 15.0. The van der Waals surface area contributed by atoms with E-state index in [0.717, 1.165) is 19.6 Å². The van der Waals surface area contributed by atoms with E-state index in [-0.39, 0.29) is 17.5 Å². The number of thiophene rings is 1. The van der Waals surface area contributed by atoms with Crippen LogP contribution in [0.4, 0.5) is 0 Å². The lowest BCUT2D eigenvalue weighted by Crippen LogP contribution is -2.45. The Bertz CT molecular complexity index is 519. The van der Waals surface area contributed by atoms with E-state index in [2.05, 4.69) is 48.1 Å². The van der Waals surface area contributed by atoms with Crippen molar-refractivity contribution in [2.24, 2.45) is 5.41 Å². The van der Waals surface area contributed by atoms with Crippen molar-refractivity contribution in [1.29, 1.82) is 0 Å². The minimum absolute atomic E-state index is 0.0766. The fraction of sp³-hybridized carbons (Fsp3) is 0.688. The van der Waals surface area contributed by atoms with Crippen LogP contribution in [0.2, 0.25) is 0 Å². The summed E-state index contributed by atoms with van der Waals surface area (Å²) in [5.41, 5.74) is 0.249. The summed E-state index contributed by atoms with van der Waals surface area (Å²) in [5.74, 6) is 0.242. The zero-order valence-electron chi connectivity index (χ0n) is 13.2. The molecular formula is C16H25N3OS. The number of hydrogen-bond acceptors (Lipinski definition) is 4. The fourth-order valence-electron chi connectivity index (χ4n) is 3.30. The van der Waals surface area contributed by atoms with Crippen LogP contribution in [0.1, 0.15) is 35.7 Å². The lowest BCUT2D eigenvalue weighted by molar-refractivity contribution is -0.130. The highest BCUT2D eigenvalue weighted by Gasteiger charge is 2.38. The highest BCUT2D eigenvalue weighted by atomic mass is 32.1. The number of rotatable bonds is 3. The van der Waals surface area contributed by atoms with Crippen LogP contribution in [0.3, 0.4) is 0 Å². The molecule has 0 spiro atoms. The number of likely N-dealkylation sites (tertiary alicyclic amines) is 1. The highest BCUT2D eigenvalue weighted by molar-refractivity contribution is 7.12. The number of hydrogen-bond donors (Lipinski definition) is 1. The Morgan fingerprint density at radius 3 is 2.71 bits per heavy atom. The number of piperidine rings is 1. The zero-order valence-corrected chi connectivity index (χ0v) is 14.0. The third-order valence-electron chi connectivity index (χ3n) is 4.86. The van der Waals surface area contributed by atoms with E-state index in [1.165, 1.54) is 22.6 Å². The number of aryl methyl sites for hydroxylation is 1. The van der Waals surface area contributed by atoms with Gasteiger partial charge in [-0.15, -0.1) is 11.3 Å². The molecule has 21 heavy (non-hydrogen) atoms. The minimum atomic E-state index is 0.0766. The molecule has 2 saturated heterocycles. The van der Waals surface area contributed by atoms with Gasteiger partial charge in [0, 0.05) is 16.3 Å². The maximum atomic E-state index is 12.3. The molecule has 4 nitrogen and oxygen atoms in total. The molecule has 0 radical (unpaired) electrons. The van der Waals surface area contributed by atoms with Gasteiger partial charge in [0.25, 0.3) is 0 Å². The third kappa shape index (κ3) is 3.15. The van der Waals surface area contributed by atoms with Crippen molar-refractivity contribution in [1.82, 2.24) is 15.1 Å². The van der Waals surface area contributed by atoms with Gasteiger partial charge in [-0.1, -0.05) is 6.92 Å². The highest BCUT2D eigenvalue weighted by Crippen LogP contribution is 2.36. The molecule has 3 rings (SSSR count). The van der Waals surface area contributed by atoms with Crippen molar-refractivity contribution in [3.8, 4) is 0 Å². The topological polar surface area (TPSA) is 35.6 Å². The van der Waals surface area contributed by atoms with E-state index < -0.39 is 0 Å². The second-order valence-corrected chi connectivity index (χ2v) is 8.19. The number of carbonyl (C=O) groups excluding carboxylic acids is 1. The van der Waals surface area contributed by atoms with Crippen LogP contribution in [0.15, 0.2) is 12.1 Å². The Morgan fingerprint density at radius 2 is 2.10 bits per heavy atom. The largest absolute Gasteiger partial charge is 0.320 e. The molecule has 3 heterocycles. The number of nitrogens with one attached hydrogen (secondary N) is 1. The van der Waals surface area contributed by atoms with Gasteiger partial charge >= 0.3 is 0 Å². The van der Waals surface area contributed by atoms with Crippen molar-refractivity contribution in [3.05, 3.63) is 21.9 Å². The molecule has 116 valence electrons. The lowest BCUT2D eigenvalue weighted by Gasteiger charge is -2.41. The average molecular weight is 307 g/mol. The molecule has 0 aliphatic carbocycles. The summed E-state index contributed by atoms with van der Waals surface area (Å²) in [4.78, 5) is 19.3. The Morgan fingerprint density at radius 1 is 1.38 bits per heavy atom. The predicted molar refractivity (Wildman–Crippen MR) is 86.4 cm³/mol. The second kappa shape index (κ2) is 5.71. The molecule has 1 aromatic heterocycles. The predicted octanol–water partition coefficient (Wildman–Crippen LogP) is 2.22. The average Bonchev–Trinajstić information content (AvgIpc) is 3.01. The third-order valence-corrected chi connectivity index (χ3v) is 5.91. The van der Waals surface area contributed by atoms with Crippen LogP contribution in [0, 0.1) is 12.3 Å². The number of amides is 1. The first-order chi connectivity index (χ1) is 9.97. The summed E-state index contributed by atoms with van der Waals surface area (Å²) in [5, 5.41) is 3.38. The molecule has 1 aromatic rings. The van der Waals surface area contributed by atoms with Gasteiger partial charge in [-0.25, -0.2) is 0 Å². The number of nitrogens with zero attached hydrogens (tertiary/aromatic N) is 2. The fourth-order valence-corrected chi connectivity index (χ4v) is 4.27. The van der Waals surface area contributed by atoms with Crippen LogP contribution < -0.4 is 5.32 Å². The van der Waals surface area contributed by atoms with Gasteiger partial charge in [-0.2, -0.15) is 0 Å². The van der Waals surface area contributed by atoms with Gasteiger partial charge in [0.15, 0.2) is 0 Å². The van der Waals surface area contributed by atoms with Crippen LogP contribution in [-0.4, -0.2) is 48.9 Å². The molecule has 0 saturated carbocycles. The Balaban J connectivity index is 1.74. The van der Waals surface area contributed by atoms with E-state index in [4.69, 9.17) is 0 Å². The van der Waals surface area contributed by atoms with Gasteiger partial charge in [-0.3, -0.25) is 10.1 Å². The van der Waals surface area contributed by atoms with Crippen molar-refractivity contribution < 1.29 is 4.79 Å². The maximum absolute atomic E-state index is 12.3. The maximum Gasteiger partial charge on any atom is 0.238 e. The van der Waals surface area contributed by atoms with Crippen LogP contribution in [0.25, 0.3) is 0 Å². The Kier molecular flexibility index (Phi) is 4.08. The summed E-state index contributed by atoms with van der Waals surface area (Å²) in [6.07, 6.45) is 2.42. The summed E-state index contributed by atoms with van der Waals surface area (Å²) in [6.45, 7) is 8.06. The minimum Gasteiger partial charge on any atom is -0.320 e. The summed E-state index contributed by atoms with van der Waals surface area (Å²) < 4.78 is 0. The lowest BCUT2D eigenvalue weighted by atomic mass is 9.80. The van der Waals surface area contributed by atoms with Gasteiger partial charge in [-0.05, 0) is 57.5 Å². The molecule has 2 aliphatic rings. The second-order valence-electron chi connectivity index (χ2n) is 6.87. The smallest absolute Gasteiger partial charge is 0.238 e. The van der Waals surface area contributed by atoms with E-state index in [9.17, 15) is 4.79 Å². The molecule has 5 heteroatoms. The molecule has 2 fully saturated rings. The Hall–Kier alpha value is -0.910. The normalized spacial score (nSPS) is 26.5. The quantitative estimate of drug-likeness (QED) is 0.930. The number of carbonyl (C=O) groups is 1. The van der Waals surface area contributed by atoms with E-state index in [1.54, 1.807) is 11.3 Å². The van der Waals surface area contributed by atoms with Gasteiger partial charge in [0.1, 0.15) is 6.17 Å². The monoisotopic (exact) mass is 307 g/mol. The van der Waals surface area contributed by atoms with E-state index >= 15 is 0 Å². The van der Waals surface area contributed by atoms with E-state index in [1.807, 2.05) is 0 Å². The molecule has 1 unspecified atom stereocenters. The first-order valence-electron chi connectivity index (χ1n) is 7.75. The van der Waals surface area contributed by atoms with Crippen molar-refractivity contribution >= 4 is 17.2 Å². The molecule has 0 bridgehead atoms. The first kappa shape index (κ1) is 15.0. The summed E-state index contributed by atoms with van der Waals surface area (Å²) >= 11 is 1.79. The standard InChI is InChI=1S/C16H25N3OS/c1-12-4-5-13(21-12)15-17-10-14(20)19(15)11-16(2)6-8-18(3)9-7-16/h4-5,15,17H,6-11H2,1-3H3. The van der Waals surface area contributed by atoms with Gasteiger partial charge in [0.2, 0.25) is 5.91 Å². The molecule has 2 aliphatic heterocycles. The van der Waals surface area contributed by atoms with Crippen LogP contribution in [0.5, 0.6) is 0 Å². The molecular weight excluding hydrogens is 282 g/mol. The summed E-state index contributed by atoms with van der Waals surface area (Å²) in [7, 11) is 2.18. The Labute approximate surface area is 131 Å². The SMILES string of the molecule is Cc1ccc(C2NCC(=O)N2CC2(C)CCN(C)CC2)s1.